The van der Waals surface area contributed by atoms with Gasteiger partial charge in [-0.15, -0.1) is 0 Å². The summed E-state index contributed by atoms with van der Waals surface area (Å²) in [4.78, 5) is 30.7. The highest BCUT2D eigenvalue weighted by atomic mass is 16.6. The zero-order chi connectivity index (χ0) is 23.9. The molecule has 0 radical (unpaired) electrons. The minimum atomic E-state index is -0.542. The van der Waals surface area contributed by atoms with E-state index in [2.05, 4.69) is 4.99 Å². The molecular formula is C25H26N2O7. The predicted molar refractivity (Wildman–Crippen MR) is 124 cm³/mol. The lowest BCUT2D eigenvalue weighted by Gasteiger charge is -2.26. The third-order valence-electron chi connectivity index (χ3n) is 5.24. The first kappa shape index (κ1) is 23.3. The van der Waals surface area contributed by atoms with Crippen LogP contribution in [0.5, 0.6) is 17.2 Å². The zero-order valence-corrected chi connectivity index (χ0v) is 19.1. The average molecular weight is 466 g/mol. The molecule has 1 fully saturated rings. The second-order valence-electron chi connectivity index (χ2n) is 7.49. The van der Waals surface area contributed by atoms with Gasteiger partial charge in [0.2, 0.25) is 5.90 Å². The Morgan fingerprint density at radius 2 is 1.85 bits per heavy atom. The van der Waals surface area contributed by atoms with Gasteiger partial charge in [-0.3, -0.25) is 4.79 Å². The van der Waals surface area contributed by atoms with E-state index in [1.54, 1.807) is 53.4 Å². The number of nitrogens with zero attached hydrogens (tertiary/aromatic N) is 2. The number of cyclic esters (lactones) is 1. The lowest BCUT2D eigenvalue weighted by molar-refractivity contribution is -0.137. The number of carbonyl (C=O) groups excluding carboxylic acids is 2. The Morgan fingerprint density at radius 3 is 2.56 bits per heavy atom. The fourth-order valence-electron chi connectivity index (χ4n) is 3.49. The Balaban J connectivity index is 1.45. The van der Waals surface area contributed by atoms with Crippen LogP contribution >= 0.6 is 0 Å². The van der Waals surface area contributed by atoms with Gasteiger partial charge in [0.1, 0.15) is 5.75 Å². The van der Waals surface area contributed by atoms with E-state index in [1.165, 1.54) is 7.11 Å². The number of morpholine rings is 1. The molecule has 1 amide bonds. The van der Waals surface area contributed by atoms with Gasteiger partial charge in [-0.05, 0) is 55.0 Å². The van der Waals surface area contributed by atoms with Crippen LogP contribution in [0, 0.1) is 0 Å². The molecule has 2 aliphatic heterocycles. The summed E-state index contributed by atoms with van der Waals surface area (Å²) in [5, 5.41) is 0. The minimum absolute atomic E-state index is 0.0984. The van der Waals surface area contributed by atoms with E-state index >= 15 is 0 Å². The second kappa shape index (κ2) is 10.8. The molecule has 34 heavy (non-hydrogen) atoms. The predicted octanol–water partition coefficient (Wildman–Crippen LogP) is 2.68. The fourth-order valence-corrected chi connectivity index (χ4v) is 3.49. The third-order valence-corrected chi connectivity index (χ3v) is 5.24. The molecule has 0 bridgehead atoms. The van der Waals surface area contributed by atoms with Gasteiger partial charge in [-0.25, -0.2) is 9.79 Å². The topological polar surface area (TPSA) is 95.9 Å². The van der Waals surface area contributed by atoms with E-state index in [0.29, 0.717) is 55.5 Å². The number of esters is 1. The number of hydrogen-bond acceptors (Lipinski definition) is 8. The molecule has 0 unspecified atom stereocenters. The maximum absolute atomic E-state index is 12.3. The van der Waals surface area contributed by atoms with Crippen LogP contribution in [0.3, 0.4) is 0 Å². The lowest BCUT2D eigenvalue weighted by atomic mass is 10.1. The number of methoxy groups -OCH3 is 1. The van der Waals surface area contributed by atoms with Crippen molar-refractivity contribution in [2.45, 2.75) is 6.92 Å². The summed E-state index contributed by atoms with van der Waals surface area (Å²) in [5.74, 6) is 1.17. The maximum Gasteiger partial charge on any atom is 0.363 e. The van der Waals surface area contributed by atoms with Crippen molar-refractivity contribution >= 4 is 23.9 Å². The number of rotatable bonds is 8. The van der Waals surface area contributed by atoms with Crippen molar-refractivity contribution in [1.82, 2.24) is 4.90 Å². The highest BCUT2D eigenvalue weighted by molar-refractivity contribution is 6.12. The molecule has 0 atom stereocenters. The molecule has 0 saturated carbocycles. The van der Waals surface area contributed by atoms with E-state index in [-0.39, 0.29) is 24.1 Å². The standard InChI is InChI=1S/C25H26N2O7/c1-3-32-19-7-5-18(6-8-19)24-26-20(25(29)34-24)14-17-4-9-21(22(15-17)30-2)33-16-23(28)27-10-12-31-13-11-27/h4-9,14-15H,3,10-13,16H2,1-2H3/b20-14-. The Hall–Kier alpha value is -3.85. The monoisotopic (exact) mass is 466 g/mol. The van der Waals surface area contributed by atoms with Crippen molar-refractivity contribution in [3.05, 3.63) is 59.3 Å². The molecule has 0 spiro atoms. The molecule has 0 aliphatic carbocycles. The van der Waals surface area contributed by atoms with Gasteiger partial charge >= 0.3 is 5.97 Å². The smallest absolute Gasteiger partial charge is 0.363 e. The van der Waals surface area contributed by atoms with Crippen LogP contribution in [0.2, 0.25) is 0 Å². The Bertz CT molecular complexity index is 1100. The molecule has 9 nitrogen and oxygen atoms in total. The van der Waals surface area contributed by atoms with Crippen LogP contribution in [-0.4, -0.2) is 69.3 Å². The van der Waals surface area contributed by atoms with E-state index in [0.717, 1.165) is 5.75 Å². The summed E-state index contributed by atoms with van der Waals surface area (Å²) < 4.78 is 27.1. The van der Waals surface area contributed by atoms with E-state index in [9.17, 15) is 9.59 Å². The molecule has 2 heterocycles. The molecule has 9 heteroatoms. The van der Waals surface area contributed by atoms with Gasteiger partial charge in [0, 0.05) is 18.7 Å². The Kier molecular flexibility index (Phi) is 7.44. The number of benzene rings is 2. The molecule has 178 valence electrons. The van der Waals surface area contributed by atoms with Crippen LogP contribution in [0.25, 0.3) is 6.08 Å². The largest absolute Gasteiger partial charge is 0.494 e. The first-order chi connectivity index (χ1) is 16.6. The first-order valence-electron chi connectivity index (χ1n) is 11.0. The quantitative estimate of drug-likeness (QED) is 0.436. The normalized spacial score (nSPS) is 16.8. The lowest BCUT2D eigenvalue weighted by Crippen LogP contribution is -2.43. The molecule has 2 aliphatic rings. The molecule has 4 rings (SSSR count). The van der Waals surface area contributed by atoms with Crippen LogP contribution in [0.1, 0.15) is 18.1 Å². The van der Waals surface area contributed by atoms with Gasteiger partial charge in [-0.1, -0.05) is 6.07 Å². The Morgan fingerprint density at radius 1 is 1.09 bits per heavy atom. The fraction of sp³-hybridized carbons (Fsp3) is 0.320. The summed E-state index contributed by atoms with van der Waals surface area (Å²) in [6.07, 6.45) is 1.61. The van der Waals surface area contributed by atoms with Crippen molar-refractivity contribution in [2.24, 2.45) is 4.99 Å². The number of ether oxygens (including phenoxy) is 5. The van der Waals surface area contributed by atoms with Crippen LogP contribution in [-0.2, 0) is 19.1 Å². The minimum Gasteiger partial charge on any atom is -0.494 e. The summed E-state index contributed by atoms with van der Waals surface area (Å²) in [6.45, 7) is 4.56. The molecule has 2 aromatic rings. The van der Waals surface area contributed by atoms with Gasteiger partial charge in [0.25, 0.3) is 5.91 Å². The van der Waals surface area contributed by atoms with Crippen molar-refractivity contribution in [3.63, 3.8) is 0 Å². The van der Waals surface area contributed by atoms with Gasteiger partial charge < -0.3 is 28.6 Å². The van der Waals surface area contributed by atoms with Crippen molar-refractivity contribution in [2.75, 3.05) is 46.6 Å². The van der Waals surface area contributed by atoms with Crippen molar-refractivity contribution in [3.8, 4) is 17.2 Å². The maximum atomic E-state index is 12.3. The van der Waals surface area contributed by atoms with Gasteiger partial charge in [0.15, 0.2) is 23.8 Å². The molecule has 2 aromatic carbocycles. The number of amides is 1. The van der Waals surface area contributed by atoms with Crippen LogP contribution in [0.15, 0.2) is 53.2 Å². The van der Waals surface area contributed by atoms with Crippen molar-refractivity contribution < 1.29 is 33.3 Å². The number of aliphatic imine (C=N–C) groups is 1. The van der Waals surface area contributed by atoms with Crippen LogP contribution in [0.4, 0.5) is 0 Å². The van der Waals surface area contributed by atoms with Crippen LogP contribution < -0.4 is 14.2 Å². The van der Waals surface area contributed by atoms with E-state index in [4.69, 9.17) is 23.7 Å². The average Bonchev–Trinajstić information content (AvgIpc) is 3.24. The zero-order valence-electron chi connectivity index (χ0n) is 19.1. The highest BCUT2D eigenvalue weighted by Gasteiger charge is 2.24. The van der Waals surface area contributed by atoms with Crippen molar-refractivity contribution in [1.29, 1.82) is 0 Å². The summed E-state index contributed by atoms with van der Waals surface area (Å²) in [7, 11) is 1.51. The first-order valence-corrected chi connectivity index (χ1v) is 11.0. The molecule has 1 saturated heterocycles. The van der Waals surface area contributed by atoms with E-state index in [1.807, 2.05) is 6.92 Å². The molecular weight excluding hydrogens is 440 g/mol. The number of carbonyl (C=O) groups is 2. The van der Waals surface area contributed by atoms with Gasteiger partial charge in [-0.2, -0.15) is 0 Å². The molecule has 0 N–H and O–H groups in total. The highest BCUT2D eigenvalue weighted by Crippen LogP contribution is 2.30. The third kappa shape index (κ3) is 5.55. The molecule has 0 aromatic heterocycles. The summed E-state index contributed by atoms with van der Waals surface area (Å²) in [5.41, 5.74) is 1.51. The Labute approximate surface area is 197 Å². The second-order valence-corrected chi connectivity index (χ2v) is 7.49. The number of hydrogen-bond donors (Lipinski definition) is 0. The van der Waals surface area contributed by atoms with E-state index < -0.39 is 5.97 Å². The summed E-state index contributed by atoms with van der Waals surface area (Å²) in [6, 6.07) is 12.3. The summed E-state index contributed by atoms with van der Waals surface area (Å²) >= 11 is 0. The SMILES string of the molecule is CCOc1ccc(C2=N/C(=C\c3ccc(OCC(=O)N4CCOCC4)c(OC)c3)C(=O)O2)cc1. The van der Waals surface area contributed by atoms with Gasteiger partial charge in [0.05, 0.1) is 26.9 Å².